The number of aromatic hydroxyl groups is 3. The zero-order valence-electron chi connectivity index (χ0n) is 15.0. The molecule has 8 heteroatoms. The van der Waals surface area contributed by atoms with Crippen LogP contribution < -0.4 is 4.72 Å². The van der Waals surface area contributed by atoms with Crippen molar-refractivity contribution in [3.63, 3.8) is 0 Å². The number of phenolic OH excluding ortho intramolecular Hbond substituents is 3. The second-order valence-electron chi connectivity index (χ2n) is 6.09. The zero-order chi connectivity index (χ0) is 21.0. The Morgan fingerprint density at radius 3 is 2.24 bits per heavy atom. The van der Waals surface area contributed by atoms with Crippen LogP contribution in [-0.2, 0) is 10.0 Å². The minimum atomic E-state index is -3.96. The number of para-hydroxylation sites is 1. The lowest BCUT2D eigenvalue weighted by molar-refractivity contribution is 0.104. The molecule has 0 amide bonds. The lowest BCUT2D eigenvalue weighted by Crippen LogP contribution is -2.15. The summed E-state index contributed by atoms with van der Waals surface area (Å²) in [4.78, 5) is 12.5. The van der Waals surface area contributed by atoms with Gasteiger partial charge in [-0.05, 0) is 60.2 Å². The Morgan fingerprint density at radius 1 is 0.862 bits per heavy atom. The summed E-state index contributed by atoms with van der Waals surface area (Å²) >= 11 is 0. The first-order chi connectivity index (χ1) is 13.8. The molecule has 0 saturated heterocycles. The summed E-state index contributed by atoms with van der Waals surface area (Å²) in [5.41, 5.74) is 0.716. The van der Waals surface area contributed by atoms with Gasteiger partial charge in [-0.3, -0.25) is 9.52 Å². The molecule has 0 aliphatic carbocycles. The molecule has 0 saturated carbocycles. The lowest BCUT2D eigenvalue weighted by atomic mass is 10.1. The van der Waals surface area contributed by atoms with Crippen molar-refractivity contribution >= 4 is 27.6 Å². The predicted octanol–water partition coefficient (Wildman–Crippen LogP) is 3.50. The van der Waals surface area contributed by atoms with Gasteiger partial charge in [-0.25, -0.2) is 8.42 Å². The van der Waals surface area contributed by atoms with Crippen LogP contribution in [0.25, 0.3) is 6.08 Å². The van der Waals surface area contributed by atoms with Crippen molar-refractivity contribution < 1.29 is 28.5 Å². The molecule has 0 heterocycles. The monoisotopic (exact) mass is 411 g/mol. The van der Waals surface area contributed by atoms with E-state index in [1.165, 1.54) is 66.7 Å². The van der Waals surface area contributed by atoms with Crippen LogP contribution in [-0.4, -0.2) is 29.5 Å². The summed E-state index contributed by atoms with van der Waals surface area (Å²) in [6.07, 6.45) is 2.67. The highest BCUT2D eigenvalue weighted by Gasteiger charge is 2.17. The van der Waals surface area contributed by atoms with Crippen LogP contribution in [0.3, 0.4) is 0 Å². The zero-order valence-corrected chi connectivity index (χ0v) is 15.8. The van der Waals surface area contributed by atoms with E-state index in [0.29, 0.717) is 5.56 Å². The molecule has 0 aliphatic heterocycles. The van der Waals surface area contributed by atoms with Crippen molar-refractivity contribution in [2.45, 2.75) is 4.90 Å². The van der Waals surface area contributed by atoms with Crippen LogP contribution in [0.5, 0.6) is 17.2 Å². The summed E-state index contributed by atoms with van der Waals surface area (Å²) in [6.45, 7) is 0. The number of allylic oxidation sites excluding steroid dienone is 1. The van der Waals surface area contributed by atoms with Gasteiger partial charge in [-0.1, -0.05) is 24.3 Å². The molecule has 148 valence electrons. The van der Waals surface area contributed by atoms with Crippen LogP contribution in [0, 0.1) is 0 Å². The highest BCUT2D eigenvalue weighted by atomic mass is 32.2. The highest BCUT2D eigenvalue weighted by Crippen LogP contribution is 2.26. The fourth-order valence-corrected chi connectivity index (χ4v) is 3.60. The summed E-state index contributed by atoms with van der Waals surface area (Å²) in [6, 6.07) is 15.2. The third-order valence-corrected chi connectivity index (χ3v) is 5.39. The molecule has 0 unspecified atom stereocenters. The number of nitrogens with one attached hydrogen (secondary N) is 1. The Morgan fingerprint density at radius 2 is 1.55 bits per heavy atom. The van der Waals surface area contributed by atoms with Gasteiger partial charge in [0.05, 0.1) is 10.6 Å². The van der Waals surface area contributed by atoms with E-state index in [-0.39, 0.29) is 33.4 Å². The third-order valence-electron chi connectivity index (χ3n) is 4.01. The van der Waals surface area contributed by atoms with Gasteiger partial charge in [0.1, 0.15) is 5.75 Å². The largest absolute Gasteiger partial charge is 0.508 e. The second-order valence-corrected chi connectivity index (χ2v) is 7.77. The van der Waals surface area contributed by atoms with E-state index in [0.717, 1.165) is 0 Å². The van der Waals surface area contributed by atoms with E-state index in [2.05, 4.69) is 4.72 Å². The number of ketones is 1. The number of hydrogen-bond acceptors (Lipinski definition) is 6. The highest BCUT2D eigenvalue weighted by molar-refractivity contribution is 7.92. The maximum atomic E-state index is 12.6. The van der Waals surface area contributed by atoms with Crippen molar-refractivity contribution in [2.24, 2.45) is 0 Å². The van der Waals surface area contributed by atoms with E-state index >= 15 is 0 Å². The summed E-state index contributed by atoms with van der Waals surface area (Å²) in [7, 11) is -3.96. The second kappa shape index (κ2) is 8.07. The molecule has 3 rings (SSSR count). The Kier molecular flexibility index (Phi) is 5.56. The SMILES string of the molecule is O=C(C=Cc1ccc(O)c(O)c1)c1ccccc1NS(=O)(=O)c1ccc(O)cc1. The Hall–Kier alpha value is -3.78. The van der Waals surface area contributed by atoms with E-state index in [1.54, 1.807) is 12.1 Å². The molecule has 0 bridgehead atoms. The number of hydrogen-bond donors (Lipinski definition) is 4. The van der Waals surface area contributed by atoms with Crippen LogP contribution in [0.2, 0.25) is 0 Å². The van der Waals surface area contributed by atoms with Gasteiger partial charge < -0.3 is 15.3 Å². The average Bonchev–Trinajstić information content (AvgIpc) is 2.69. The van der Waals surface area contributed by atoms with Crippen molar-refractivity contribution in [3.8, 4) is 17.2 Å². The number of benzene rings is 3. The van der Waals surface area contributed by atoms with Gasteiger partial charge in [-0.15, -0.1) is 0 Å². The van der Waals surface area contributed by atoms with E-state index in [4.69, 9.17) is 0 Å². The molecule has 0 aliphatic rings. The summed E-state index contributed by atoms with van der Waals surface area (Å²) < 4.78 is 27.5. The minimum absolute atomic E-state index is 0.0623. The number of sulfonamides is 1. The number of carbonyl (C=O) groups excluding carboxylic acids is 1. The third kappa shape index (κ3) is 4.74. The van der Waals surface area contributed by atoms with Gasteiger partial charge in [0.2, 0.25) is 0 Å². The number of rotatable bonds is 6. The number of phenols is 3. The first kappa shape index (κ1) is 20.0. The van der Waals surface area contributed by atoms with Crippen molar-refractivity contribution in [3.05, 3.63) is 83.9 Å². The molecule has 3 aromatic carbocycles. The number of carbonyl (C=O) groups is 1. The Balaban J connectivity index is 1.86. The predicted molar refractivity (Wildman–Crippen MR) is 108 cm³/mol. The minimum Gasteiger partial charge on any atom is -0.508 e. The van der Waals surface area contributed by atoms with E-state index in [9.17, 15) is 28.5 Å². The molecular formula is C21H17NO6S. The Labute approximate surface area is 167 Å². The standard InChI is InChI=1S/C21H17NO6S/c23-15-7-9-16(10-8-15)29(27,28)22-18-4-2-1-3-17(18)19(24)11-5-14-6-12-20(25)21(26)13-14/h1-13,22-23,25-26H. The smallest absolute Gasteiger partial charge is 0.261 e. The molecule has 0 radical (unpaired) electrons. The van der Waals surface area contributed by atoms with Crippen LogP contribution in [0.4, 0.5) is 5.69 Å². The van der Waals surface area contributed by atoms with Gasteiger partial charge in [0.15, 0.2) is 17.3 Å². The van der Waals surface area contributed by atoms with Crippen molar-refractivity contribution in [1.82, 2.24) is 0 Å². The summed E-state index contributed by atoms with van der Waals surface area (Å²) in [5, 5.41) is 28.2. The maximum absolute atomic E-state index is 12.6. The molecule has 29 heavy (non-hydrogen) atoms. The van der Waals surface area contributed by atoms with E-state index < -0.39 is 15.8 Å². The Bertz CT molecular complexity index is 1180. The average molecular weight is 411 g/mol. The molecule has 0 fully saturated rings. The van der Waals surface area contributed by atoms with Gasteiger partial charge in [-0.2, -0.15) is 0 Å². The normalized spacial score (nSPS) is 11.4. The first-order valence-corrected chi connectivity index (χ1v) is 9.90. The molecule has 0 atom stereocenters. The molecular weight excluding hydrogens is 394 g/mol. The fourth-order valence-electron chi connectivity index (χ4n) is 2.52. The van der Waals surface area contributed by atoms with Gasteiger partial charge >= 0.3 is 0 Å². The summed E-state index contributed by atoms with van der Waals surface area (Å²) in [5.74, 6) is -1.12. The van der Waals surface area contributed by atoms with Crippen molar-refractivity contribution in [1.29, 1.82) is 0 Å². The molecule has 3 aromatic rings. The molecule has 4 N–H and O–H groups in total. The van der Waals surface area contributed by atoms with Crippen molar-refractivity contribution in [2.75, 3.05) is 4.72 Å². The van der Waals surface area contributed by atoms with Gasteiger partial charge in [0, 0.05) is 5.56 Å². The van der Waals surface area contributed by atoms with Crippen LogP contribution >= 0.6 is 0 Å². The quantitative estimate of drug-likeness (QED) is 0.280. The van der Waals surface area contributed by atoms with Crippen LogP contribution in [0.15, 0.2) is 77.7 Å². The fraction of sp³-hybridized carbons (Fsp3) is 0. The van der Waals surface area contributed by atoms with Crippen LogP contribution in [0.1, 0.15) is 15.9 Å². The van der Waals surface area contributed by atoms with E-state index in [1.807, 2.05) is 0 Å². The number of anilines is 1. The molecule has 0 aromatic heterocycles. The van der Waals surface area contributed by atoms with Gasteiger partial charge in [0.25, 0.3) is 10.0 Å². The lowest BCUT2D eigenvalue weighted by Gasteiger charge is -2.11. The molecule has 7 nitrogen and oxygen atoms in total. The first-order valence-electron chi connectivity index (χ1n) is 8.41. The molecule has 0 spiro atoms. The topological polar surface area (TPSA) is 124 Å². The maximum Gasteiger partial charge on any atom is 0.261 e.